The molecule has 0 heterocycles. The number of carbonyl (C=O) groups is 5. The van der Waals surface area contributed by atoms with Gasteiger partial charge in [-0.3, -0.25) is 14.4 Å². The Labute approximate surface area is 179 Å². The van der Waals surface area contributed by atoms with Gasteiger partial charge in [0.05, 0.1) is 0 Å². The summed E-state index contributed by atoms with van der Waals surface area (Å²) in [6.07, 6.45) is 2.30. The number of thioether (sulfide) groups is 1. The first kappa shape index (κ1) is 27.7. The Morgan fingerprint density at radius 1 is 0.867 bits per heavy atom. The summed E-state index contributed by atoms with van der Waals surface area (Å²) in [6, 6.07) is -4.30. The molecule has 2 amide bonds. The van der Waals surface area contributed by atoms with Crippen LogP contribution in [0.15, 0.2) is 0 Å². The number of hydrogen-bond acceptors (Lipinski definition) is 7. The van der Waals surface area contributed by atoms with E-state index < -0.39 is 47.8 Å². The number of carboxylic acids is 3. The van der Waals surface area contributed by atoms with Gasteiger partial charge in [-0.15, -0.1) is 0 Å². The molecule has 172 valence electrons. The van der Waals surface area contributed by atoms with E-state index in [1.54, 1.807) is 0 Å². The first-order valence-corrected chi connectivity index (χ1v) is 10.8. The van der Waals surface area contributed by atoms with Crippen molar-refractivity contribution in [3.8, 4) is 0 Å². The second-order valence-corrected chi connectivity index (χ2v) is 7.88. The normalized spacial score (nSPS) is 13.8. The molecule has 0 spiro atoms. The molecule has 0 aromatic carbocycles. The van der Waals surface area contributed by atoms with Crippen molar-refractivity contribution in [2.45, 2.75) is 70.0 Å². The number of unbranched alkanes of at least 4 members (excludes halogenated alkanes) is 3. The van der Waals surface area contributed by atoms with Crippen molar-refractivity contribution in [1.29, 1.82) is 0 Å². The number of rotatable bonds is 17. The van der Waals surface area contributed by atoms with Gasteiger partial charge in [-0.25, -0.2) is 9.59 Å². The summed E-state index contributed by atoms with van der Waals surface area (Å²) in [5.41, 5.74) is 10.5. The molecule has 0 aliphatic carbocycles. The van der Waals surface area contributed by atoms with E-state index in [-0.39, 0.29) is 30.8 Å². The summed E-state index contributed by atoms with van der Waals surface area (Å²) < 4.78 is 0. The van der Waals surface area contributed by atoms with E-state index in [1.807, 2.05) is 6.92 Å². The van der Waals surface area contributed by atoms with Crippen LogP contribution in [-0.4, -0.2) is 79.6 Å². The molecule has 12 heteroatoms. The number of carbonyl (C=O) groups excluding carboxylic acids is 2. The van der Waals surface area contributed by atoms with Gasteiger partial charge in [0.2, 0.25) is 11.8 Å². The molecule has 0 rings (SSSR count). The minimum absolute atomic E-state index is 0.0383. The van der Waals surface area contributed by atoms with E-state index in [4.69, 9.17) is 16.6 Å². The van der Waals surface area contributed by atoms with E-state index >= 15 is 0 Å². The fourth-order valence-electron chi connectivity index (χ4n) is 2.71. The van der Waals surface area contributed by atoms with Crippen LogP contribution in [0.3, 0.4) is 0 Å². The highest BCUT2D eigenvalue weighted by Crippen LogP contribution is 2.20. The molecule has 0 aromatic rings. The largest absolute Gasteiger partial charge is 0.480 e. The number of nitrogens with two attached hydrogens (primary N) is 2. The van der Waals surface area contributed by atoms with Crippen molar-refractivity contribution in [2.24, 2.45) is 11.5 Å². The van der Waals surface area contributed by atoms with Gasteiger partial charge in [0.15, 0.2) is 0 Å². The van der Waals surface area contributed by atoms with Gasteiger partial charge in [0, 0.05) is 24.3 Å². The molecule has 0 bridgehead atoms. The van der Waals surface area contributed by atoms with E-state index in [0.717, 1.165) is 35.9 Å². The Kier molecular flexibility index (Phi) is 13.5. The highest BCUT2D eigenvalue weighted by Gasteiger charge is 2.38. The molecule has 0 saturated heterocycles. The van der Waals surface area contributed by atoms with Crippen molar-refractivity contribution in [3.05, 3.63) is 0 Å². The van der Waals surface area contributed by atoms with Crippen LogP contribution in [0.1, 0.15) is 51.9 Å². The van der Waals surface area contributed by atoms with Crippen LogP contribution >= 0.6 is 11.8 Å². The van der Waals surface area contributed by atoms with E-state index in [9.17, 15) is 34.2 Å². The average molecular weight is 450 g/mol. The van der Waals surface area contributed by atoms with Crippen LogP contribution in [0.25, 0.3) is 0 Å². The number of amides is 2. The summed E-state index contributed by atoms with van der Waals surface area (Å²) in [4.78, 5) is 59.2. The molecular weight excluding hydrogens is 418 g/mol. The number of aliphatic carboxylic acids is 3. The molecule has 11 nitrogen and oxygen atoms in total. The van der Waals surface area contributed by atoms with E-state index in [0.29, 0.717) is 6.42 Å². The minimum atomic E-state index is -1.55. The topological polar surface area (TPSA) is 201 Å². The van der Waals surface area contributed by atoms with Crippen LogP contribution in [0.4, 0.5) is 0 Å². The Bertz CT molecular complexity index is 616. The van der Waals surface area contributed by atoms with Crippen LogP contribution < -0.4 is 11.5 Å². The van der Waals surface area contributed by atoms with Gasteiger partial charge < -0.3 is 31.7 Å². The fourth-order valence-corrected chi connectivity index (χ4v) is 3.76. The molecular formula is C18H31N3O8S. The quantitative estimate of drug-likeness (QED) is 0.190. The first-order valence-electron chi connectivity index (χ1n) is 9.64. The van der Waals surface area contributed by atoms with Gasteiger partial charge in [0.25, 0.3) is 0 Å². The van der Waals surface area contributed by atoms with Gasteiger partial charge in [-0.2, -0.15) is 11.8 Å². The molecule has 0 aliphatic heterocycles. The van der Waals surface area contributed by atoms with Crippen molar-refractivity contribution in [1.82, 2.24) is 4.90 Å². The minimum Gasteiger partial charge on any atom is -0.480 e. The summed E-state index contributed by atoms with van der Waals surface area (Å²) in [5.74, 6) is -5.93. The predicted molar refractivity (Wildman–Crippen MR) is 110 cm³/mol. The first-order chi connectivity index (χ1) is 14.0. The van der Waals surface area contributed by atoms with Crippen molar-refractivity contribution >= 4 is 41.5 Å². The monoisotopic (exact) mass is 449 g/mol. The third kappa shape index (κ3) is 10.4. The maximum Gasteiger partial charge on any atom is 0.327 e. The lowest BCUT2D eigenvalue weighted by Crippen LogP contribution is -2.55. The van der Waals surface area contributed by atoms with Gasteiger partial charge in [0.1, 0.15) is 18.1 Å². The molecule has 3 atom stereocenters. The fraction of sp³-hybridized carbons (Fsp3) is 0.722. The molecule has 0 aromatic heterocycles. The highest BCUT2D eigenvalue weighted by molar-refractivity contribution is 7.99. The second-order valence-electron chi connectivity index (χ2n) is 6.81. The summed E-state index contributed by atoms with van der Waals surface area (Å²) >= 11 is 0.892. The maximum atomic E-state index is 12.8. The number of nitrogens with zero attached hydrogens (tertiary/aromatic N) is 1. The van der Waals surface area contributed by atoms with Gasteiger partial charge in [-0.1, -0.05) is 26.2 Å². The summed E-state index contributed by atoms with van der Waals surface area (Å²) in [5, 5.41) is 28.1. The molecule has 0 saturated carbocycles. The zero-order valence-corrected chi connectivity index (χ0v) is 17.8. The van der Waals surface area contributed by atoms with Crippen molar-refractivity contribution < 1.29 is 39.3 Å². The Balaban J connectivity index is 5.59. The lowest BCUT2D eigenvalue weighted by atomic mass is 10.0. The molecule has 30 heavy (non-hydrogen) atoms. The number of primary amides is 1. The van der Waals surface area contributed by atoms with E-state index in [1.165, 1.54) is 0 Å². The van der Waals surface area contributed by atoms with E-state index in [2.05, 4.69) is 0 Å². The second kappa shape index (κ2) is 14.6. The van der Waals surface area contributed by atoms with Crippen LogP contribution in [0, 0.1) is 0 Å². The van der Waals surface area contributed by atoms with Crippen molar-refractivity contribution in [2.75, 3.05) is 11.5 Å². The zero-order valence-electron chi connectivity index (χ0n) is 17.0. The Morgan fingerprint density at radius 3 is 1.93 bits per heavy atom. The standard InChI is InChI=1S/C18H31N3O8S/c1-2-3-4-5-6-15(23)21(12(17(26)27)7-8-14(20)22)13(18(28)29)10-30-9-11(19)16(24)25/h11-13H,2-10,19H2,1H3,(H2,20,22)(H,24,25)(H,26,27)(H,28,29)/t11-,12+,13+/m0/s1. The van der Waals surface area contributed by atoms with Crippen LogP contribution in [0.5, 0.6) is 0 Å². The third-order valence-corrected chi connectivity index (χ3v) is 5.47. The van der Waals surface area contributed by atoms with Crippen LogP contribution in [0.2, 0.25) is 0 Å². The third-order valence-electron chi connectivity index (χ3n) is 4.33. The Morgan fingerprint density at radius 2 is 1.47 bits per heavy atom. The molecule has 7 N–H and O–H groups in total. The zero-order chi connectivity index (χ0) is 23.3. The lowest BCUT2D eigenvalue weighted by molar-refractivity contribution is -0.159. The van der Waals surface area contributed by atoms with Crippen molar-refractivity contribution in [3.63, 3.8) is 0 Å². The van der Waals surface area contributed by atoms with Gasteiger partial charge in [-0.05, 0) is 12.8 Å². The molecule has 0 fully saturated rings. The van der Waals surface area contributed by atoms with Crippen LogP contribution in [-0.2, 0) is 24.0 Å². The highest BCUT2D eigenvalue weighted by atomic mass is 32.2. The molecule has 0 aliphatic rings. The maximum absolute atomic E-state index is 12.8. The summed E-state index contributed by atoms with van der Waals surface area (Å²) in [7, 11) is 0. The molecule has 0 radical (unpaired) electrons. The Hall–Kier alpha value is -2.34. The summed E-state index contributed by atoms with van der Waals surface area (Å²) in [6.45, 7) is 1.98. The molecule has 0 unspecified atom stereocenters. The SMILES string of the molecule is CCCCCCC(=O)N([C@H](CCC(N)=O)C(=O)O)[C@H](CSC[C@H](N)C(=O)O)C(=O)O. The van der Waals surface area contributed by atoms with Gasteiger partial charge >= 0.3 is 17.9 Å². The average Bonchev–Trinajstić information content (AvgIpc) is 2.65. The number of hydrogen-bond donors (Lipinski definition) is 5. The predicted octanol–water partition coefficient (Wildman–Crippen LogP) is 0.102. The number of carboxylic acid groups (broad SMARTS) is 3. The smallest absolute Gasteiger partial charge is 0.327 e. The lowest BCUT2D eigenvalue weighted by Gasteiger charge is -2.34.